The molecule has 0 aliphatic heterocycles. The third kappa shape index (κ3) is 2.40. The fraction of sp³-hybridized carbons (Fsp3) is 0.214. The largest absolute Gasteiger partial charge is 0.496 e. The van der Waals surface area contributed by atoms with Gasteiger partial charge in [0.25, 0.3) is 0 Å². The highest BCUT2D eigenvalue weighted by molar-refractivity contribution is 6.16. The Morgan fingerprint density at radius 2 is 2.10 bits per heavy atom. The van der Waals surface area contributed by atoms with Gasteiger partial charge in [-0.1, -0.05) is 0 Å². The van der Waals surface area contributed by atoms with Gasteiger partial charge in [-0.25, -0.2) is 9.97 Å². The van der Waals surface area contributed by atoms with Gasteiger partial charge in [0.15, 0.2) is 0 Å². The van der Waals surface area contributed by atoms with Crippen LogP contribution in [0.5, 0.6) is 5.75 Å². The Morgan fingerprint density at radius 1 is 1.35 bits per heavy atom. The topological polar surface area (TPSA) is 96.9 Å². The molecule has 0 fully saturated rings. The molecule has 2 rings (SSSR count). The molecule has 1 heterocycles. The molecule has 0 amide bonds. The van der Waals surface area contributed by atoms with Crippen molar-refractivity contribution in [3.8, 4) is 5.75 Å². The highest BCUT2D eigenvalue weighted by Gasteiger charge is 2.16. The molecule has 0 aliphatic rings. The van der Waals surface area contributed by atoms with Crippen molar-refractivity contribution in [1.82, 2.24) is 9.97 Å². The first-order chi connectivity index (χ1) is 9.58. The molecular formula is C14H17N5O. The number of hydrogen-bond acceptors (Lipinski definition) is 6. The molecule has 1 aromatic carbocycles. The molecular weight excluding hydrogens is 254 g/mol. The van der Waals surface area contributed by atoms with Gasteiger partial charge in [0.05, 0.1) is 18.4 Å². The van der Waals surface area contributed by atoms with E-state index in [9.17, 15) is 0 Å². The van der Waals surface area contributed by atoms with Crippen LogP contribution >= 0.6 is 0 Å². The lowest BCUT2D eigenvalue weighted by Crippen LogP contribution is -2.12. The molecule has 6 nitrogen and oxygen atoms in total. The first-order valence-electron chi connectivity index (χ1n) is 6.10. The molecule has 0 saturated carbocycles. The third-order valence-electron chi connectivity index (χ3n) is 3.05. The number of anilines is 2. The Balaban J connectivity index is 2.49. The van der Waals surface area contributed by atoms with Crippen LogP contribution in [-0.2, 0) is 0 Å². The Morgan fingerprint density at radius 3 is 2.70 bits per heavy atom. The van der Waals surface area contributed by atoms with Crippen molar-refractivity contribution in [1.29, 1.82) is 5.41 Å². The van der Waals surface area contributed by atoms with Gasteiger partial charge in [-0.05, 0) is 30.7 Å². The van der Waals surface area contributed by atoms with Crippen molar-refractivity contribution in [2.75, 3.05) is 25.2 Å². The SMILES string of the molecule is CNc1ncnc(N)c1C(=N)c1ccc(OC)c(C)c1. The van der Waals surface area contributed by atoms with E-state index in [1.807, 2.05) is 25.1 Å². The molecule has 4 N–H and O–H groups in total. The van der Waals surface area contributed by atoms with Crippen LogP contribution in [0.1, 0.15) is 16.7 Å². The number of nitrogens with two attached hydrogens (primary N) is 1. The Labute approximate surface area is 117 Å². The van der Waals surface area contributed by atoms with E-state index in [0.29, 0.717) is 11.4 Å². The minimum Gasteiger partial charge on any atom is -0.496 e. The zero-order chi connectivity index (χ0) is 14.7. The summed E-state index contributed by atoms with van der Waals surface area (Å²) in [5.41, 5.74) is 8.34. The number of methoxy groups -OCH3 is 1. The number of aromatic nitrogens is 2. The molecule has 104 valence electrons. The van der Waals surface area contributed by atoms with Gasteiger partial charge >= 0.3 is 0 Å². The predicted molar refractivity (Wildman–Crippen MR) is 79.7 cm³/mol. The van der Waals surface area contributed by atoms with E-state index in [0.717, 1.165) is 16.9 Å². The average Bonchev–Trinajstić information content (AvgIpc) is 2.46. The quantitative estimate of drug-likeness (QED) is 0.737. The van der Waals surface area contributed by atoms with Crippen molar-refractivity contribution in [2.24, 2.45) is 0 Å². The minimum atomic E-state index is 0.276. The maximum atomic E-state index is 8.34. The summed E-state index contributed by atoms with van der Waals surface area (Å²) in [4.78, 5) is 8.04. The minimum absolute atomic E-state index is 0.276. The summed E-state index contributed by atoms with van der Waals surface area (Å²) < 4.78 is 5.22. The lowest BCUT2D eigenvalue weighted by Gasteiger charge is -2.12. The first-order valence-corrected chi connectivity index (χ1v) is 6.10. The predicted octanol–water partition coefficient (Wildman–Crippen LogP) is 1.83. The molecule has 0 saturated heterocycles. The second kappa shape index (κ2) is 5.56. The van der Waals surface area contributed by atoms with Gasteiger partial charge < -0.3 is 15.8 Å². The lowest BCUT2D eigenvalue weighted by atomic mass is 10.0. The number of nitrogens with zero attached hydrogens (tertiary/aromatic N) is 2. The van der Waals surface area contributed by atoms with Crippen LogP contribution in [0.4, 0.5) is 11.6 Å². The van der Waals surface area contributed by atoms with Crippen LogP contribution in [0.2, 0.25) is 0 Å². The van der Waals surface area contributed by atoms with E-state index >= 15 is 0 Å². The van der Waals surface area contributed by atoms with E-state index in [-0.39, 0.29) is 11.5 Å². The summed E-state index contributed by atoms with van der Waals surface area (Å²) in [6.07, 6.45) is 1.37. The van der Waals surface area contributed by atoms with E-state index in [1.54, 1.807) is 14.2 Å². The van der Waals surface area contributed by atoms with Crippen LogP contribution in [0, 0.1) is 12.3 Å². The maximum Gasteiger partial charge on any atom is 0.140 e. The molecule has 6 heteroatoms. The number of aryl methyl sites for hydroxylation is 1. The molecule has 0 spiro atoms. The summed E-state index contributed by atoms with van der Waals surface area (Å²) in [7, 11) is 3.35. The standard InChI is InChI=1S/C14H17N5O/c1-8-6-9(4-5-10(8)20-3)12(15)11-13(16)18-7-19-14(11)17-2/h4-7,15H,1-3H3,(H3,16,17,18,19). The van der Waals surface area contributed by atoms with Crippen LogP contribution in [0.25, 0.3) is 0 Å². The fourth-order valence-electron chi connectivity index (χ4n) is 2.01. The summed E-state index contributed by atoms with van der Waals surface area (Å²) in [5.74, 6) is 1.60. The maximum absolute atomic E-state index is 8.34. The number of ether oxygens (including phenoxy) is 1. The number of nitrogens with one attached hydrogen (secondary N) is 2. The first kappa shape index (κ1) is 13.8. The summed E-state index contributed by atoms with van der Waals surface area (Å²) in [6, 6.07) is 5.53. The summed E-state index contributed by atoms with van der Waals surface area (Å²) >= 11 is 0. The number of rotatable bonds is 4. The smallest absolute Gasteiger partial charge is 0.140 e. The van der Waals surface area contributed by atoms with Crippen molar-refractivity contribution in [3.63, 3.8) is 0 Å². The average molecular weight is 271 g/mol. The second-order valence-electron chi connectivity index (χ2n) is 4.29. The number of hydrogen-bond donors (Lipinski definition) is 3. The normalized spacial score (nSPS) is 10.2. The molecule has 0 atom stereocenters. The van der Waals surface area contributed by atoms with Gasteiger partial charge in [-0.3, -0.25) is 5.41 Å². The van der Waals surface area contributed by atoms with Crippen LogP contribution in [-0.4, -0.2) is 29.8 Å². The van der Waals surface area contributed by atoms with Crippen molar-refractivity contribution < 1.29 is 4.74 Å². The molecule has 0 radical (unpaired) electrons. The number of nitrogen functional groups attached to an aromatic ring is 1. The summed E-state index contributed by atoms with van der Waals surface area (Å²) in [5, 5.41) is 11.3. The third-order valence-corrected chi connectivity index (χ3v) is 3.05. The van der Waals surface area contributed by atoms with E-state index < -0.39 is 0 Å². The fourth-order valence-corrected chi connectivity index (χ4v) is 2.01. The summed E-state index contributed by atoms with van der Waals surface area (Å²) in [6.45, 7) is 1.93. The highest BCUT2D eigenvalue weighted by atomic mass is 16.5. The second-order valence-corrected chi connectivity index (χ2v) is 4.29. The van der Waals surface area contributed by atoms with Crippen LogP contribution in [0.15, 0.2) is 24.5 Å². The Kier molecular flexibility index (Phi) is 3.84. The van der Waals surface area contributed by atoms with Gasteiger partial charge in [0.1, 0.15) is 23.7 Å². The van der Waals surface area contributed by atoms with Gasteiger partial charge in [-0.2, -0.15) is 0 Å². The van der Waals surface area contributed by atoms with Gasteiger partial charge in [0, 0.05) is 12.6 Å². The zero-order valence-corrected chi connectivity index (χ0v) is 11.7. The number of benzene rings is 1. The Hall–Kier alpha value is -2.63. The van der Waals surface area contributed by atoms with E-state index in [4.69, 9.17) is 15.9 Å². The van der Waals surface area contributed by atoms with Gasteiger partial charge in [0.2, 0.25) is 0 Å². The van der Waals surface area contributed by atoms with E-state index in [1.165, 1.54) is 6.33 Å². The zero-order valence-electron chi connectivity index (χ0n) is 11.7. The van der Waals surface area contributed by atoms with Crippen LogP contribution < -0.4 is 15.8 Å². The van der Waals surface area contributed by atoms with Gasteiger partial charge in [-0.15, -0.1) is 0 Å². The molecule has 1 aromatic heterocycles. The van der Waals surface area contributed by atoms with Crippen molar-refractivity contribution >= 4 is 17.3 Å². The highest BCUT2D eigenvalue weighted by Crippen LogP contribution is 2.24. The monoisotopic (exact) mass is 271 g/mol. The van der Waals surface area contributed by atoms with E-state index in [2.05, 4.69) is 15.3 Å². The van der Waals surface area contributed by atoms with Crippen molar-refractivity contribution in [2.45, 2.75) is 6.92 Å². The molecule has 0 bridgehead atoms. The molecule has 2 aromatic rings. The molecule has 20 heavy (non-hydrogen) atoms. The van der Waals surface area contributed by atoms with Crippen LogP contribution in [0.3, 0.4) is 0 Å². The lowest BCUT2D eigenvalue weighted by molar-refractivity contribution is 0.411. The van der Waals surface area contributed by atoms with Crippen molar-refractivity contribution in [3.05, 3.63) is 41.2 Å². The molecule has 0 unspecified atom stereocenters. The Bertz CT molecular complexity index is 654. The molecule has 0 aliphatic carbocycles.